The van der Waals surface area contributed by atoms with Crippen LogP contribution in [0.15, 0.2) is 34.3 Å². The van der Waals surface area contributed by atoms with E-state index in [4.69, 9.17) is 0 Å². The largest absolute Gasteiger partial charge is 0.349 e. The summed E-state index contributed by atoms with van der Waals surface area (Å²) in [5.41, 5.74) is 1.89. The number of hydrogen-bond acceptors (Lipinski definition) is 4. The van der Waals surface area contributed by atoms with Gasteiger partial charge in [0.1, 0.15) is 5.65 Å². The topological polar surface area (TPSA) is 58.4 Å². The van der Waals surface area contributed by atoms with Crippen LogP contribution in [0.5, 0.6) is 0 Å². The highest BCUT2D eigenvalue weighted by molar-refractivity contribution is 8.04. The van der Waals surface area contributed by atoms with Gasteiger partial charge in [0.2, 0.25) is 0 Å². The Morgan fingerprint density at radius 1 is 1.38 bits per heavy atom. The van der Waals surface area contributed by atoms with Gasteiger partial charge in [-0.1, -0.05) is 17.8 Å². The average molecular weight is 300 g/mol. The fourth-order valence-corrected chi connectivity index (χ4v) is 3.81. The first kappa shape index (κ1) is 12.9. The van der Waals surface area contributed by atoms with E-state index in [9.17, 15) is 4.79 Å². The molecule has 0 unspecified atom stereocenters. The Morgan fingerprint density at radius 3 is 3.10 bits per heavy atom. The number of imidazole rings is 1. The first-order valence-electron chi connectivity index (χ1n) is 7.19. The van der Waals surface area contributed by atoms with Crippen LogP contribution < -0.4 is 10.6 Å². The number of hydrogen-bond donors (Lipinski definition) is 2. The molecule has 2 aromatic heterocycles. The summed E-state index contributed by atoms with van der Waals surface area (Å²) < 4.78 is 2.08. The van der Waals surface area contributed by atoms with Gasteiger partial charge in [0, 0.05) is 6.04 Å². The number of aromatic nitrogens is 2. The van der Waals surface area contributed by atoms with Crippen molar-refractivity contribution in [3.63, 3.8) is 0 Å². The number of rotatable bonds is 2. The van der Waals surface area contributed by atoms with E-state index in [0.717, 1.165) is 47.2 Å². The second-order valence-corrected chi connectivity index (χ2v) is 6.41. The molecule has 6 heteroatoms. The van der Waals surface area contributed by atoms with Crippen LogP contribution in [0.2, 0.25) is 0 Å². The molecule has 1 amide bonds. The lowest BCUT2D eigenvalue weighted by Crippen LogP contribution is -2.43. The minimum absolute atomic E-state index is 0.0244. The van der Waals surface area contributed by atoms with E-state index in [1.807, 2.05) is 30.5 Å². The lowest BCUT2D eigenvalue weighted by Gasteiger charge is -2.24. The molecule has 0 atom stereocenters. The molecule has 4 heterocycles. The van der Waals surface area contributed by atoms with Crippen LogP contribution in [-0.2, 0) is 4.79 Å². The normalized spacial score (nSPS) is 18.6. The SMILES string of the molecule is O=C(NC1CCNCC1)C1=Cc2cnc3cccc(n23)S1. The molecule has 0 spiro atoms. The molecule has 0 bridgehead atoms. The van der Waals surface area contributed by atoms with Gasteiger partial charge in [0.05, 0.1) is 21.8 Å². The van der Waals surface area contributed by atoms with Gasteiger partial charge in [-0.05, 0) is 44.1 Å². The summed E-state index contributed by atoms with van der Waals surface area (Å²) in [6.45, 7) is 1.95. The van der Waals surface area contributed by atoms with Gasteiger partial charge >= 0.3 is 0 Å². The molecule has 108 valence electrons. The van der Waals surface area contributed by atoms with Crippen LogP contribution in [0.4, 0.5) is 0 Å². The van der Waals surface area contributed by atoms with Gasteiger partial charge in [-0.15, -0.1) is 0 Å². The van der Waals surface area contributed by atoms with Gasteiger partial charge in [0.25, 0.3) is 5.91 Å². The summed E-state index contributed by atoms with van der Waals surface area (Å²) in [4.78, 5) is 17.6. The van der Waals surface area contributed by atoms with Crippen LogP contribution in [0, 0.1) is 0 Å². The van der Waals surface area contributed by atoms with Crippen LogP contribution in [0.25, 0.3) is 11.7 Å². The van der Waals surface area contributed by atoms with Crippen molar-refractivity contribution in [2.45, 2.75) is 23.9 Å². The number of amides is 1. The van der Waals surface area contributed by atoms with E-state index >= 15 is 0 Å². The summed E-state index contributed by atoms with van der Waals surface area (Å²) in [7, 11) is 0. The quantitative estimate of drug-likeness (QED) is 0.885. The molecule has 2 aliphatic heterocycles. The van der Waals surface area contributed by atoms with Crippen LogP contribution >= 0.6 is 11.8 Å². The van der Waals surface area contributed by atoms with Gasteiger partial charge in [-0.3, -0.25) is 9.20 Å². The zero-order chi connectivity index (χ0) is 14.2. The summed E-state index contributed by atoms with van der Waals surface area (Å²) in [5, 5.41) is 7.49. The maximum Gasteiger partial charge on any atom is 0.258 e. The van der Waals surface area contributed by atoms with Crippen LogP contribution in [-0.4, -0.2) is 34.4 Å². The maximum absolute atomic E-state index is 12.5. The minimum Gasteiger partial charge on any atom is -0.349 e. The van der Waals surface area contributed by atoms with Crippen molar-refractivity contribution in [3.05, 3.63) is 35.0 Å². The molecule has 2 aromatic rings. The first-order chi connectivity index (χ1) is 10.3. The van der Waals surface area contributed by atoms with Gasteiger partial charge in [0.15, 0.2) is 0 Å². The number of thioether (sulfide) groups is 1. The van der Waals surface area contributed by atoms with Crippen molar-refractivity contribution in [3.8, 4) is 0 Å². The molecule has 0 aromatic carbocycles. The van der Waals surface area contributed by atoms with Gasteiger partial charge in [-0.25, -0.2) is 4.98 Å². The van der Waals surface area contributed by atoms with E-state index in [1.165, 1.54) is 11.8 Å². The summed E-state index contributed by atoms with van der Waals surface area (Å²) in [5.74, 6) is 0.0244. The Bertz CT molecular complexity index is 730. The third-order valence-corrected chi connectivity index (χ3v) is 4.96. The molecule has 1 fully saturated rings. The Hall–Kier alpha value is -1.79. The van der Waals surface area contributed by atoms with E-state index in [2.05, 4.69) is 20.0 Å². The second kappa shape index (κ2) is 5.20. The molecule has 5 nitrogen and oxygen atoms in total. The molecule has 4 rings (SSSR count). The van der Waals surface area contributed by atoms with Crippen molar-refractivity contribution < 1.29 is 4.79 Å². The Balaban J connectivity index is 1.59. The molecular formula is C15H16N4OS. The highest BCUT2D eigenvalue weighted by Gasteiger charge is 2.22. The number of carbonyl (C=O) groups is 1. The molecule has 0 radical (unpaired) electrons. The van der Waals surface area contributed by atoms with E-state index < -0.39 is 0 Å². The van der Waals surface area contributed by atoms with Crippen LogP contribution in [0.3, 0.4) is 0 Å². The van der Waals surface area contributed by atoms with Gasteiger partial charge < -0.3 is 10.6 Å². The molecule has 0 saturated carbocycles. The smallest absolute Gasteiger partial charge is 0.258 e. The highest BCUT2D eigenvalue weighted by Crippen LogP contribution is 2.34. The fraction of sp³-hybridized carbons (Fsp3) is 0.333. The average Bonchev–Trinajstić information content (AvgIpc) is 2.93. The predicted octanol–water partition coefficient (Wildman–Crippen LogP) is 1.65. The monoisotopic (exact) mass is 300 g/mol. The molecule has 0 aliphatic carbocycles. The minimum atomic E-state index is 0.0244. The standard InChI is InChI=1S/C15H16N4OS/c20-15(18-10-4-6-16-7-5-10)12-8-11-9-17-13-2-1-3-14(21-12)19(11)13/h1-3,8-10,16H,4-7H2,(H,18,20). The number of nitrogens with one attached hydrogen (secondary N) is 2. The summed E-state index contributed by atoms with van der Waals surface area (Å²) in [6.07, 6.45) is 5.73. The second-order valence-electron chi connectivity index (χ2n) is 5.35. The Morgan fingerprint density at radius 2 is 2.24 bits per heavy atom. The lowest BCUT2D eigenvalue weighted by atomic mass is 10.1. The molecule has 2 aliphatic rings. The number of nitrogens with zero attached hydrogens (tertiary/aromatic N) is 2. The van der Waals surface area contributed by atoms with Crippen molar-refractivity contribution in [1.82, 2.24) is 20.0 Å². The predicted molar refractivity (Wildman–Crippen MR) is 83.1 cm³/mol. The first-order valence-corrected chi connectivity index (χ1v) is 8.00. The molecule has 2 N–H and O–H groups in total. The van der Waals surface area contributed by atoms with Crippen LogP contribution in [0.1, 0.15) is 18.5 Å². The van der Waals surface area contributed by atoms with E-state index in [0.29, 0.717) is 0 Å². The molecule has 1 saturated heterocycles. The number of pyridine rings is 1. The van der Waals surface area contributed by atoms with Crippen molar-refractivity contribution in [1.29, 1.82) is 0 Å². The zero-order valence-corrected chi connectivity index (χ0v) is 12.3. The third-order valence-electron chi connectivity index (χ3n) is 3.91. The summed E-state index contributed by atoms with van der Waals surface area (Å²) >= 11 is 1.51. The highest BCUT2D eigenvalue weighted by atomic mass is 32.2. The fourth-order valence-electron chi connectivity index (χ4n) is 2.82. The number of piperidine rings is 1. The Kier molecular flexibility index (Phi) is 3.20. The third kappa shape index (κ3) is 2.34. The van der Waals surface area contributed by atoms with Crippen molar-refractivity contribution >= 4 is 29.4 Å². The van der Waals surface area contributed by atoms with Crippen molar-refractivity contribution in [2.24, 2.45) is 0 Å². The van der Waals surface area contributed by atoms with Gasteiger partial charge in [-0.2, -0.15) is 0 Å². The molecule has 21 heavy (non-hydrogen) atoms. The molecular weight excluding hydrogens is 284 g/mol. The summed E-state index contributed by atoms with van der Waals surface area (Å²) in [6, 6.07) is 6.25. The zero-order valence-electron chi connectivity index (χ0n) is 11.5. The lowest BCUT2D eigenvalue weighted by molar-refractivity contribution is -0.117. The van der Waals surface area contributed by atoms with E-state index in [-0.39, 0.29) is 11.9 Å². The maximum atomic E-state index is 12.5. The number of carbonyl (C=O) groups excluding carboxylic acids is 1. The Labute approximate surface area is 126 Å². The van der Waals surface area contributed by atoms with Crippen molar-refractivity contribution in [2.75, 3.05) is 13.1 Å². The van der Waals surface area contributed by atoms with E-state index in [1.54, 1.807) is 0 Å².